The lowest BCUT2D eigenvalue weighted by Gasteiger charge is -2.17. The predicted octanol–water partition coefficient (Wildman–Crippen LogP) is 2.83. The predicted molar refractivity (Wildman–Crippen MR) is 105 cm³/mol. The third-order valence-corrected chi connectivity index (χ3v) is 4.24. The largest absolute Gasteiger partial charge is 0.352 e. The van der Waals surface area contributed by atoms with Crippen molar-refractivity contribution in [2.75, 3.05) is 6.54 Å². The zero-order chi connectivity index (χ0) is 21.4. The average molecular weight is 400 g/mol. The van der Waals surface area contributed by atoms with Crippen LogP contribution < -0.4 is 10.6 Å². The molecule has 0 aromatic heterocycles. The Morgan fingerprint density at radius 2 is 1.45 bits per heavy atom. The number of carbonyl (C=O) groups is 2. The van der Waals surface area contributed by atoms with Crippen LogP contribution in [0.3, 0.4) is 0 Å². The highest BCUT2D eigenvalue weighted by Gasteiger charge is 2.16. The second-order valence-electron chi connectivity index (χ2n) is 6.24. The monoisotopic (exact) mass is 400 g/mol. The van der Waals surface area contributed by atoms with Crippen LogP contribution in [0.5, 0.6) is 0 Å². The van der Waals surface area contributed by atoms with Gasteiger partial charge in [-0.05, 0) is 25.0 Å². The Labute approximate surface area is 166 Å². The molecule has 0 fully saturated rings. The highest BCUT2D eigenvalue weighted by Crippen LogP contribution is 2.14. The van der Waals surface area contributed by atoms with Crippen LogP contribution in [0.1, 0.15) is 40.5 Å². The molecule has 0 aliphatic rings. The number of carbonyl (C=O) groups excluding carboxylic acids is 2. The van der Waals surface area contributed by atoms with Crippen LogP contribution in [0.2, 0.25) is 0 Å². The summed E-state index contributed by atoms with van der Waals surface area (Å²) in [5, 5.41) is 27.1. The van der Waals surface area contributed by atoms with Crippen LogP contribution in [-0.2, 0) is 0 Å². The van der Waals surface area contributed by atoms with Gasteiger partial charge in [0.05, 0.1) is 9.85 Å². The molecule has 0 radical (unpaired) electrons. The first-order valence-electron chi connectivity index (χ1n) is 8.89. The molecule has 1 atom stereocenters. The molecule has 0 saturated heterocycles. The van der Waals surface area contributed by atoms with E-state index in [2.05, 4.69) is 10.6 Å². The average Bonchev–Trinajstić information content (AvgIpc) is 2.72. The molecule has 0 saturated carbocycles. The Hall–Kier alpha value is -3.82. The van der Waals surface area contributed by atoms with Gasteiger partial charge in [0.15, 0.2) is 0 Å². The number of hydrogen-bond donors (Lipinski definition) is 2. The first kappa shape index (κ1) is 21.5. The fourth-order valence-corrected chi connectivity index (χ4v) is 2.63. The summed E-state index contributed by atoms with van der Waals surface area (Å²) in [5.74, 6) is -0.890. The van der Waals surface area contributed by atoms with Crippen LogP contribution in [0.15, 0.2) is 48.5 Å². The van der Waals surface area contributed by atoms with E-state index in [9.17, 15) is 29.8 Å². The van der Waals surface area contributed by atoms with E-state index in [1.807, 2.05) is 6.92 Å². The van der Waals surface area contributed by atoms with Gasteiger partial charge in [-0.15, -0.1) is 0 Å². The number of nitrogens with zero attached hydrogens (tertiary/aromatic N) is 2. The molecule has 152 valence electrons. The van der Waals surface area contributed by atoms with E-state index in [0.29, 0.717) is 12.8 Å². The van der Waals surface area contributed by atoms with Crippen molar-refractivity contribution in [1.29, 1.82) is 0 Å². The van der Waals surface area contributed by atoms with Crippen molar-refractivity contribution >= 4 is 23.2 Å². The van der Waals surface area contributed by atoms with Crippen LogP contribution in [-0.4, -0.2) is 34.2 Å². The van der Waals surface area contributed by atoms with Crippen molar-refractivity contribution in [1.82, 2.24) is 10.6 Å². The zero-order valence-electron chi connectivity index (χ0n) is 15.7. The molecule has 0 aliphatic heterocycles. The van der Waals surface area contributed by atoms with E-state index < -0.39 is 21.7 Å². The maximum Gasteiger partial charge on any atom is 0.270 e. The van der Waals surface area contributed by atoms with Gasteiger partial charge < -0.3 is 10.6 Å². The molecule has 2 aromatic carbocycles. The maximum absolute atomic E-state index is 12.3. The SMILES string of the molecule is CCC(CCNC(=O)c1cccc([N+](=O)[O-])c1)NC(=O)c1cccc([N+](=O)[O-])c1. The van der Waals surface area contributed by atoms with Crippen LogP contribution in [0, 0.1) is 20.2 Å². The first-order chi connectivity index (χ1) is 13.8. The fourth-order valence-electron chi connectivity index (χ4n) is 2.63. The van der Waals surface area contributed by atoms with E-state index in [4.69, 9.17) is 0 Å². The van der Waals surface area contributed by atoms with Crippen molar-refractivity contribution < 1.29 is 19.4 Å². The van der Waals surface area contributed by atoms with E-state index in [1.165, 1.54) is 48.5 Å². The molecule has 2 rings (SSSR count). The van der Waals surface area contributed by atoms with Gasteiger partial charge in [-0.2, -0.15) is 0 Å². The number of benzene rings is 2. The number of non-ortho nitro benzene ring substituents is 2. The second kappa shape index (κ2) is 9.93. The summed E-state index contributed by atoms with van der Waals surface area (Å²) in [7, 11) is 0. The molecule has 2 N–H and O–H groups in total. The molecule has 29 heavy (non-hydrogen) atoms. The topological polar surface area (TPSA) is 144 Å². The van der Waals surface area contributed by atoms with Crippen molar-refractivity contribution in [3.63, 3.8) is 0 Å². The van der Waals surface area contributed by atoms with Gasteiger partial charge in [0.1, 0.15) is 0 Å². The number of nitro groups is 2. The Kier molecular flexibility index (Phi) is 7.35. The maximum atomic E-state index is 12.3. The smallest absolute Gasteiger partial charge is 0.270 e. The van der Waals surface area contributed by atoms with Gasteiger partial charge in [0, 0.05) is 48.0 Å². The number of nitro benzene ring substituents is 2. The molecule has 10 nitrogen and oxygen atoms in total. The van der Waals surface area contributed by atoms with Gasteiger partial charge in [0.2, 0.25) is 0 Å². The minimum atomic E-state index is -0.576. The summed E-state index contributed by atoms with van der Waals surface area (Å²) in [5.41, 5.74) is 0.00868. The number of hydrogen-bond acceptors (Lipinski definition) is 6. The molecule has 1 unspecified atom stereocenters. The Morgan fingerprint density at radius 1 is 0.931 bits per heavy atom. The Morgan fingerprint density at radius 3 is 1.93 bits per heavy atom. The third-order valence-electron chi connectivity index (χ3n) is 4.24. The van der Waals surface area contributed by atoms with Crippen molar-refractivity contribution in [2.24, 2.45) is 0 Å². The molecule has 2 aromatic rings. The highest BCUT2D eigenvalue weighted by molar-refractivity contribution is 5.95. The lowest BCUT2D eigenvalue weighted by Crippen LogP contribution is -2.37. The molecule has 0 heterocycles. The minimum Gasteiger partial charge on any atom is -0.352 e. The van der Waals surface area contributed by atoms with Crippen LogP contribution >= 0.6 is 0 Å². The minimum absolute atomic E-state index is 0.171. The zero-order valence-corrected chi connectivity index (χ0v) is 15.7. The third kappa shape index (κ3) is 6.09. The molecule has 2 amide bonds. The molecular formula is C19H20N4O6. The summed E-state index contributed by atoms with van der Waals surface area (Å²) in [6, 6.07) is 10.6. The van der Waals surface area contributed by atoms with Crippen molar-refractivity contribution in [2.45, 2.75) is 25.8 Å². The summed E-state index contributed by atoms with van der Waals surface area (Å²) in [4.78, 5) is 44.9. The lowest BCUT2D eigenvalue weighted by atomic mass is 10.1. The van der Waals surface area contributed by atoms with E-state index >= 15 is 0 Å². The number of amides is 2. The summed E-state index contributed by atoms with van der Waals surface area (Å²) in [6.07, 6.45) is 1.02. The summed E-state index contributed by atoms with van der Waals surface area (Å²) in [6.45, 7) is 2.11. The quantitative estimate of drug-likeness (QED) is 0.489. The Balaban J connectivity index is 1.90. The molecule has 10 heteroatoms. The molecule has 0 bridgehead atoms. The normalized spacial score (nSPS) is 11.3. The van der Waals surface area contributed by atoms with Crippen molar-refractivity contribution in [3.05, 3.63) is 79.9 Å². The Bertz CT molecular complexity index is 930. The second-order valence-corrected chi connectivity index (χ2v) is 6.24. The summed E-state index contributed by atoms with van der Waals surface area (Å²) < 4.78 is 0. The first-order valence-corrected chi connectivity index (χ1v) is 8.89. The number of rotatable bonds is 9. The van der Waals surface area contributed by atoms with Crippen LogP contribution in [0.25, 0.3) is 0 Å². The van der Waals surface area contributed by atoms with E-state index in [1.54, 1.807) is 0 Å². The van der Waals surface area contributed by atoms with E-state index in [0.717, 1.165) is 0 Å². The molecular weight excluding hydrogens is 380 g/mol. The number of nitrogens with one attached hydrogen (secondary N) is 2. The fraction of sp³-hybridized carbons (Fsp3) is 0.263. The van der Waals surface area contributed by atoms with Gasteiger partial charge in [0.25, 0.3) is 23.2 Å². The van der Waals surface area contributed by atoms with Crippen LogP contribution in [0.4, 0.5) is 11.4 Å². The molecule has 0 aliphatic carbocycles. The molecule has 0 spiro atoms. The van der Waals surface area contributed by atoms with Gasteiger partial charge >= 0.3 is 0 Å². The highest BCUT2D eigenvalue weighted by atomic mass is 16.6. The standard InChI is InChI=1S/C19H20N4O6/c1-2-15(21-19(25)14-6-4-8-17(12-14)23(28)29)9-10-20-18(24)13-5-3-7-16(11-13)22(26)27/h3-8,11-12,15H,2,9-10H2,1H3,(H,20,24)(H,21,25). The lowest BCUT2D eigenvalue weighted by molar-refractivity contribution is -0.385. The van der Waals surface area contributed by atoms with Crippen molar-refractivity contribution in [3.8, 4) is 0 Å². The van der Waals surface area contributed by atoms with E-state index in [-0.39, 0.29) is 35.1 Å². The van der Waals surface area contributed by atoms with Gasteiger partial charge in [-0.25, -0.2) is 0 Å². The van der Waals surface area contributed by atoms with Gasteiger partial charge in [-0.1, -0.05) is 19.1 Å². The van der Waals surface area contributed by atoms with Gasteiger partial charge in [-0.3, -0.25) is 29.8 Å². The summed E-state index contributed by atoms with van der Waals surface area (Å²) >= 11 is 0.